The fourth-order valence-corrected chi connectivity index (χ4v) is 3.09. The van der Waals surface area contributed by atoms with Crippen LogP contribution in [-0.2, 0) is 5.88 Å². The van der Waals surface area contributed by atoms with Crippen LogP contribution >= 0.6 is 11.8 Å². The Balaban J connectivity index is 1.51. The first-order valence-corrected chi connectivity index (χ1v) is 8.75. The van der Waals surface area contributed by atoms with Gasteiger partial charge in [-0.25, -0.2) is 4.98 Å². The molecule has 2 heterocycles. The van der Waals surface area contributed by atoms with Crippen molar-refractivity contribution in [3.8, 4) is 17.1 Å². The fraction of sp³-hybridized carbons (Fsp3) is 0.118. The standard InChI is InChI=1S/C17H14N6O2S/c1-25-12-8-6-11(7-9-12)15-18-17(21-20-15)26-10-23-16(24)13-4-2-3-5-14(13)19-22-23/h2-9H,10H2,1H3,(H,18,20,21). The van der Waals surface area contributed by atoms with Crippen molar-refractivity contribution < 1.29 is 4.74 Å². The quantitative estimate of drug-likeness (QED) is 0.541. The summed E-state index contributed by atoms with van der Waals surface area (Å²) < 4.78 is 6.45. The molecule has 0 fully saturated rings. The van der Waals surface area contributed by atoms with E-state index in [1.165, 1.54) is 16.4 Å². The zero-order valence-corrected chi connectivity index (χ0v) is 14.6. The van der Waals surface area contributed by atoms with E-state index in [4.69, 9.17) is 4.74 Å². The Morgan fingerprint density at radius 1 is 1.15 bits per heavy atom. The van der Waals surface area contributed by atoms with E-state index in [-0.39, 0.29) is 11.4 Å². The normalized spacial score (nSPS) is 11.0. The molecule has 0 aliphatic rings. The molecule has 130 valence electrons. The molecule has 0 bridgehead atoms. The maximum atomic E-state index is 12.4. The van der Waals surface area contributed by atoms with Gasteiger partial charge in [-0.3, -0.25) is 9.89 Å². The van der Waals surface area contributed by atoms with Crippen LogP contribution in [0.4, 0.5) is 0 Å². The lowest BCUT2D eigenvalue weighted by Crippen LogP contribution is -2.23. The van der Waals surface area contributed by atoms with Crippen LogP contribution in [0, 0.1) is 0 Å². The topological polar surface area (TPSA) is 98.6 Å². The van der Waals surface area contributed by atoms with Crippen LogP contribution in [0.25, 0.3) is 22.3 Å². The molecule has 9 heteroatoms. The molecule has 0 saturated heterocycles. The maximum absolute atomic E-state index is 12.4. The Morgan fingerprint density at radius 2 is 1.96 bits per heavy atom. The highest BCUT2D eigenvalue weighted by molar-refractivity contribution is 7.98. The first kappa shape index (κ1) is 16.3. The van der Waals surface area contributed by atoms with Gasteiger partial charge in [0.15, 0.2) is 5.82 Å². The third kappa shape index (κ3) is 3.16. The van der Waals surface area contributed by atoms with Gasteiger partial charge in [-0.2, -0.15) is 4.68 Å². The lowest BCUT2D eigenvalue weighted by molar-refractivity contribution is 0.415. The number of hydrogen-bond donors (Lipinski definition) is 1. The lowest BCUT2D eigenvalue weighted by atomic mass is 10.2. The van der Waals surface area contributed by atoms with Crippen LogP contribution in [0.2, 0.25) is 0 Å². The van der Waals surface area contributed by atoms with E-state index < -0.39 is 0 Å². The minimum atomic E-state index is -0.186. The number of ether oxygens (including phenoxy) is 1. The van der Waals surface area contributed by atoms with Gasteiger partial charge in [0.25, 0.3) is 5.56 Å². The predicted octanol–water partition coefficient (Wildman–Crippen LogP) is 2.33. The molecule has 2 aromatic heterocycles. The van der Waals surface area contributed by atoms with Crippen molar-refractivity contribution in [2.45, 2.75) is 11.0 Å². The Morgan fingerprint density at radius 3 is 2.77 bits per heavy atom. The SMILES string of the molecule is COc1ccc(-c2nc(SCn3nnc4ccccc4c3=O)n[nH]2)cc1. The van der Waals surface area contributed by atoms with Crippen molar-refractivity contribution in [2.75, 3.05) is 7.11 Å². The zero-order chi connectivity index (χ0) is 17.9. The second kappa shape index (κ2) is 6.96. The monoisotopic (exact) mass is 366 g/mol. The molecule has 1 N–H and O–H groups in total. The van der Waals surface area contributed by atoms with Crippen LogP contribution in [0.5, 0.6) is 5.75 Å². The number of methoxy groups -OCH3 is 1. The van der Waals surface area contributed by atoms with Gasteiger partial charge < -0.3 is 4.74 Å². The summed E-state index contributed by atoms with van der Waals surface area (Å²) in [7, 11) is 1.62. The molecule has 0 radical (unpaired) electrons. The van der Waals surface area contributed by atoms with E-state index >= 15 is 0 Å². The highest BCUT2D eigenvalue weighted by Crippen LogP contribution is 2.22. The van der Waals surface area contributed by atoms with Crippen LogP contribution in [0.15, 0.2) is 58.5 Å². The molecule has 0 aliphatic carbocycles. The Hall–Kier alpha value is -3.20. The molecule has 2 aromatic carbocycles. The number of thioether (sulfide) groups is 1. The molecule has 26 heavy (non-hydrogen) atoms. The van der Waals surface area contributed by atoms with Gasteiger partial charge in [0.2, 0.25) is 5.16 Å². The number of hydrogen-bond acceptors (Lipinski definition) is 7. The van der Waals surface area contributed by atoms with Gasteiger partial charge in [-0.15, -0.1) is 10.2 Å². The number of fused-ring (bicyclic) bond motifs is 1. The van der Waals surface area contributed by atoms with E-state index in [9.17, 15) is 4.79 Å². The molecule has 0 amide bonds. The van der Waals surface area contributed by atoms with Crippen molar-refractivity contribution >= 4 is 22.7 Å². The third-order valence-corrected chi connectivity index (χ3v) is 4.59. The summed E-state index contributed by atoms with van der Waals surface area (Å²) in [5.74, 6) is 1.69. The van der Waals surface area contributed by atoms with E-state index in [1.807, 2.05) is 30.3 Å². The lowest BCUT2D eigenvalue weighted by Gasteiger charge is -2.02. The highest BCUT2D eigenvalue weighted by atomic mass is 32.2. The van der Waals surface area contributed by atoms with E-state index in [0.29, 0.717) is 21.9 Å². The Bertz CT molecular complexity index is 1110. The maximum Gasteiger partial charge on any atom is 0.278 e. The van der Waals surface area contributed by atoms with Crippen molar-refractivity contribution in [1.82, 2.24) is 30.2 Å². The minimum absolute atomic E-state index is 0.186. The first-order valence-electron chi connectivity index (χ1n) is 7.77. The molecule has 4 aromatic rings. The summed E-state index contributed by atoms with van der Waals surface area (Å²) in [5.41, 5.74) is 1.29. The zero-order valence-electron chi connectivity index (χ0n) is 13.8. The van der Waals surface area contributed by atoms with Crippen LogP contribution in [0.3, 0.4) is 0 Å². The van der Waals surface area contributed by atoms with Gasteiger partial charge in [-0.05, 0) is 36.4 Å². The smallest absolute Gasteiger partial charge is 0.278 e. The molecule has 0 unspecified atom stereocenters. The molecule has 0 saturated carbocycles. The Kier molecular flexibility index (Phi) is 4.36. The van der Waals surface area contributed by atoms with Crippen LogP contribution < -0.4 is 10.3 Å². The molecule has 0 spiro atoms. The third-order valence-electron chi connectivity index (χ3n) is 3.77. The molecule has 0 aliphatic heterocycles. The Labute approximate surface area is 152 Å². The van der Waals surface area contributed by atoms with Gasteiger partial charge >= 0.3 is 0 Å². The molecular weight excluding hydrogens is 352 g/mol. The van der Waals surface area contributed by atoms with Gasteiger partial charge in [-0.1, -0.05) is 29.1 Å². The van der Waals surface area contributed by atoms with Crippen LogP contribution in [0.1, 0.15) is 0 Å². The first-order chi connectivity index (χ1) is 12.7. The molecular formula is C17H14N6O2S. The second-order valence-electron chi connectivity index (χ2n) is 5.38. The number of benzene rings is 2. The summed E-state index contributed by atoms with van der Waals surface area (Å²) in [6.45, 7) is 0. The van der Waals surface area contributed by atoms with Gasteiger partial charge in [0, 0.05) is 5.56 Å². The fourth-order valence-electron chi connectivity index (χ4n) is 2.42. The highest BCUT2D eigenvalue weighted by Gasteiger charge is 2.09. The average molecular weight is 366 g/mol. The number of aromatic amines is 1. The summed E-state index contributed by atoms with van der Waals surface area (Å²) in [4.78, 5) is 16.9. The predicted molar refractivity (Wildman–Crippen MR) is 98.0 cm³/mol. The number of H-pyrrole nitrogens is 1. The summed E-state index contributed by atoms with van der Waals surface area (Å²) in [5, 5.41) is 16.2. The second-order valence-corrected chi connectivity index (χ2v) is 6.29. The summed E-state index contributed by atoms with van der Waals surface area (Å²) in [6.07, 6.45) is 0. The minimum Gasteiger partial charge on any atom is -0.497 e. The van der Waals surface area contributed by atoms with Crippen molar-refractivity contribution in [3.05, 3.63) is 58.9 Å². The number of rotatable bonds is 5. The van der Waals surface area contributed by atoms with E-state index in [0.717, 1.165) is 11.3 Å². The average Bonchev–Trinajstić information content (AvgIpc) is 3.17. The summed E-state index contributed by atoms with van der Waals surface area (Å²) in [6, 6.07) is 14.6. The van der Waals surface area contributed by atoms with Crippen molar-refractivity contribution in [2.24, 2.45) is 0 Å². The summed E-state index contributed by atoms with van der Waals surface area (Å²) >= 11 is 1.30. The number of nitrogens with zero attached hydrogens (tertiary/aromatic N) is 5. The molecule has 0 atom stereocenters. The van der Waals surface area contributed by atoms with E-state index in [2.05, 4.69) is 25.5 Å². The molecule has 8 nitrogen and oxygen atoms in total. The van der Waals surface area contributed by atoms with Gasteiger partial charge in [0.1, 0.15) is 11.3 Å². The molecule has 4 rings (SSSR count). The van der Waals surface area contributed by atoms with Gasteiger partial charge in [0.05, 0.1) is 18.4 Å². The van der Waals surface area contributed by atoms with Crippen molar-refractivity contribution in [1.29, 1.82) is 0 Å². The van der Waals surface area contributed by atoms with E-state index in [1.54, 1.807) is 25.3 Å². The van der Waals surface area contributed by atoms with Crippen molar-refractivity contribution in [3.63, 3.8) is 0 Å². The largest absolute Gasteiger partial charge is 0.497 e. The number of nitrogens with one attached hydrogen (secondary N) is 1. The number of aromatic nitrogens is 6. The van der Waals surface area contributed by atoms with Crippen LogP contribution in [-0.4, -0.2) is 37.3 Å².